The second-order valence-electron chi connectivity index (χ2n) is 5.12. The van der Waals surface area contributed by atoms with Gasteiger partial charge in [-0.3, -0.25) is 0 Å². The van der Waals surface area contributed by atoms with Crippen LogP contribution in [0.1, 0.15) is 25.7 Å². The molecule has 1 aliphatic carbocycles. The number of sulfonamides is 1. The van der Waals surface area contributed by atoms with Gasteiger partial charge in [0.2, 0.25) is 10.0 Å². The molecule has 0 spiro atoms. The van der Waals surface area contributed by atoms with Crippen LogP contribution in [0.2, 0.25) is 0 Å². The zero-order chi connectivity index (χ0) is 14.8. The van der Waals surface area contributed by atoms with Gasteiger partial charge in [0, 0.05) is 11.9 Å². The highest BCUT2D eigenvalue weighted by Gasteiger charge is 2.34. The lowest BCUT2D eigenvalue weighted by molar-refractivity contribution is 0.0638. The minimum atomic E-state index is -3.53. The maximum atomic E-state index is 12.6. The molecule has 112 valence electrons. The molecule has 4 nitrogen and oxygen atoms in total. The quantitative estimate of drug-likeness (QED) is 0.867. The number of hydrogen-bond donors (Lipinski definition) is 1. The molecule has 0 radical (unpaired) electrons. The van der Waals surface area contributed by atoms with Gasteiger partial charge >= 0.3 is 0 Å². The highest BCUT2D eigenvalue weighted by Crippen LogP contribution is 2.27. The molecule has 6 heteroatoms. The number of nitrogens with zero attached hydrogens (tertiary/aromatic N) is 1. The van der Waals surface area contributed by atoms with Crippen LogP contribution in [0.25, 0.3) is 0 Å². The van der Waals surface area contributed by atoms with Crippen LogP contribution in [0.3, 0.4) is 0 Å². The average Bonchev–Trinajstić information content (AvgIpc) is 2.47. The Kier molecular flexibility index (Phi) is 5.12. The van der Waals surface area contributed by atoms with Crippen molar-refractivity contribution in [3.05, 3.63) is 24.3 Å². The monoisotopic (exact) mass is 315 g/mol. The lowest BCUT2D eigenvalue weighted by Gasteiger charge is -2.34. The van der Waals surface area contributed by atoms with E-state index in [1.54, 1.807) is 30.9 Å². The topological polar surface area (TPSA) is 57.6 Å². The SMILES string of the molecule is CSc1ccc(S(=O)(=O)N(C)[C@H]2CCCC[C@H]2O)cc1. The molecule has 1 fully saturated rings. The Bertz CT molecular complexity index is 542. The summed E-state index contributed by atoms with van der Waals surface area (Å²) in [6.45, 7) is 0. The summed E-state index contributed by atoms with van der Waals surface area (Å²) < 4.78 is 26.5. The number of aliphatic hydroxyl groups excluding tert-OH is 1. The average molecular weight is 315 g/mol. The minimum Gasteiger partial charge on any atom is -0.391 e. The fraction of sp³-hybridized carbons (Fsp3) is 0.571. The van der Waals surface area contributed by atoms with E-state index >= 15 is 0 Å². The van der Waals surface area contributed by atoms with E-state index in [0.29, 0.717) is 6.42 Å². The molecule has 0 aromatic heterocycles. The van der Waals surface area contributed by atoms with E-state index in [1.807, 2.05) is 18.4 Å². The summed E-state index contributed by atoms with van der Waals surface area (Å²) in [5, 5.41) is 10.0. The summed E-state index contributed by atoms with van der Waals surface area (Å²) in [6, 6.07) is 6.57. The third-order valence-corrected chi connectivity index (χ3v) is 6.54. The van der Waals surface area contributed by atoms with Crippen molar-refractivity contribution >= 4 is 21.8 Å². The van der Waals surface area contributed by atoms with Crippen molar-refractivity contribution in [1.29, 1.82) is 0 Å². The molecule has 2 rings (SSSR count). The third-order valence-electron chi connectivity index (χ3n) is 3.90. The molecule has 0 heterocycles. The number of rotatable bonds is 4. The maximum Gasteiger partial charge on any atom is 0.243 e. The third kappa shape index (κ3) is 3.19. The largest absolute Gasteiger partial charge is 0.391 e. The van der Waals surface area contributed by atoms with E-state index in [-0.39, 0.29) is 10.9 Å². The first kappa shape index (κ1) is 15.8. The Morgan fingerprint density at radius 3 is 2.35 bits per heavy atom. The van der Waals surface area contributed by atoms with Crippen molar-refractivity contribution in [3.63, 3.8) is 0 Å². The van der Waals surface area contributed by atoms with Gasteiger partial charge in [-0.2, -0.15) is 4.31 Å². The highest BCUT2D eigenvalue weighted by atomic mass is 32.2. The summed E-state index contributed by atoms with van der Waals surface area (Å²) in [5.41, 5.74) is 0. The molecule has 1 saturated carbocycles. The minimum absolute atomic E-state index is 0.288. The molecule has 0 bridgehead atoms. The standard InChI is InChI=1S/C14H21NO3S2/c1-15(13-5-3-4-6-14(13)16)20(17,18)12-9-7-11(19-2)8-10-12/h7-10,13-14,16H,3-6H2,1-2H3/t13-,14+/m0/s1. The molecule has 0 aliphatic heterocycles. The number of aliphatic hydroxyl groups is 1. The molecule has 1 aliphatic rings. The van der Waals surface area contributed by atoms with Crippen LogP contribution in [0.15, 0.2) is 34.1 Å². The van der Waals surface area contributed by atoms with Crippen LogP contribution in [0, 0.1) is 0 Å². The second-order valence-corrected chi connectivity index (χ2v) is 7.99. The molecule has 1 aromatic carbocycles. The lowest BCUT2D eigenvalue weighted by atomic mass is 9.93. The molecule has 2 atom stereocenters. The van der Waals surface area contributed by atoms with Crippen molar-refractivity contribution in [2.75, 3.05) is 13.3 Å². The Balaban J connectivity index is 2.23. The van der Waals surface area contributed by atoms with E-state index in [4.69, 9.17) is 0 Å². The molecule has 0 unspecified atom stereocenters. The van der Waals surface area contributed by atoms with E-state index in [9.17, 15) is 13.5 Å². The van der Waals surface area contributed by atoms with Crippen LogP contribution >= 0.6 is 11.8 Å². The van der Waals surface area contributed by atoms with Crippen molar-refractivity contribution in [1.82, 2.24) is 4.31 Å². The summed E-state index contributed by atoms with van der Waals surface area (Å²) >= 11 is 1.58. The number of benzene rings is 1. The smallest absolute Gasteiger partial charge is 0.243 e. The summed E-state index contributed by atoms with van der Waals surface area (Å²) in [4.78, 5) is 1.32. The summed E-state index contributed by atoms with van der Waals surface area (Å²) in [6.07, 6.45) is 4.72. The van der Waals surface area contributed by atoms with Crippen molar-refractivity contribution in [2.45, 2.75) is 47.6 Å². The van der Waals surface area contributed by atoms with Gasteiger partial charge in [0.05, 0.1) is 17.0 Å². The van der Waals surface area contributed by atoms with E-state index in [1.165, 1.54) is 4.31 Å². The Hall–Kier alpha value is -0.560. The van der Waals surface area contributed by atoms with Gasteiger partial charge in [-0.25, -0.2) is 8.42 Å². The van der Waals surface area contributed by atoms with Crippen LogP contribution < -0.4 is 0 Å². The van der Waals surface area contributed by atoms with Gasteiger partial charge in [0.15, 0.2) is 0 Å². The van der Waals surface area contributed by atoms with Crippen molar-refractivity contribution in [3.8, 4) is 0 Å². The first-order valence-electron chi connectivity index (χ1n) is 6.77. The molecule has 0 amide bonds. The fourth-order valence-electron chi connectivity index (χ4n) is 2.61. The summed E-state index contributed by atoms with van der Waals surface area (Å²) in [7, 11) is -1.97. The van der Waals surface area contributed by atoms with Gasteiger partial charge in [0.25, 0.3) is 0 Å². The number of thioether (sulfide) groups is 1. The molecule has 1 N–H and O–H groups in total. The molecule has 0 saturated heterocycles. The number of hydrogen-bond acceptors (Lipinski definition) is 4. The zero-order valence-electron chi connectivity index (χ0n) is 11.8. The molecular formula is C14H21NO3S2. The van der Waals surface area contributed by atoms with Gasteiger partial charge in [0.1, 0.15) is 0 Å². The summed E-state index contributed by atoms with van der Waals surface area (Å²) in [5.74, 6) is 0. The number of likely N-dealkylation sites (N-methyl/N-ethyl adjacent to an activating group) is 1. The lowest BCUT2D eigenvalue weighted by Crippen LogP contribution is -2.46. The first-order chi connectivity index (χ1) is 9.46. The van der Waals surface area contributed by atoms with Gasteiger partial charge in [-0.1, -0.05) is 12.8 Å². The fourth-order valence-corrected chi connectivity index (χ4v) is 4.43. The van der Waals surface area contributed by atoms with E-state index in [0.717, 1.165) is 24.2 Å². The maximum absolute atomic E-state index is 12.6. The van der Waals surface area contributed by atoms with Crippen molar-refractivity contribution < 1.29 is 13.5 Å². The predicted octanol–water partition coefficient (Wildman–Crippen LogP) is 2.33. The van der Waals surface area contributed by atoms with Gasteiger partial charge < -0.3 is 5.11 Å². The Morgan fingerprint density at radius 1 is 1.20 bits per heavy atom. The van der Waals surface area contributed by atoms with Crippen LogP contribution in [0.4, 0.5) is 0 Å². The first-order valence-corrected chi connectivity index (χ1v) is 9.43. The van der Waals surface area contributed by atoms with Crippen LogP contribution in [0.5, 0.6) is 0 Å². The van der Waals surface area contributed by atoms with Gasteiger partial charge in [-0.15, -0.1) is 11.8 Å². The van der Waals surface area contributed by atoms with Crippen molar-refractivity contribution in [2.24, 2.45) is 0 Å². The van der Waals surface area contributed by atoms with Crippen LogP contribution in [-0.4, -0.2) is 43.3 Å². The Morgan fingerprint density at radius 2 is 1.80 bits per heavy atom. The second kappa shape index (κ2) is 6.47. The zero-order valence-corrected chi connectivity index (χ0v) is 13.5. The highest BCUT2D eigenvalue weighted by molar-refractivity contribution is 7.98. The predicted molar refractivity (Wildman–Crippen MR) is 81.4 cm³/mol. The Labute approximate surface area is 125 Å². The molecule has 20 heavy (non-hydrogen) atoms. The van der Waals surface area contributed by atoms with E-state index < -0.39 is 16.1 Å². The molecular weight excluding hydrogens is 294 g/mol. The van der Waals surface area contributed by atoms with Crippen LogP contribution in [-0.2, 0) is 10.0 Å². The van der Waals surface area contributed by atoms with Gasteiger partial charge in [-0.05, 0) is 43.4 Å². The molecule has 1 aromatic rings. The van der Waals surface area contributed by atoms with E-state index in [2.05, 4.69) is 0 Å². The normalized spacial score (nSPS) is 24.0.